The molecule has 0 fully saturated rings. The summed E-state index contributed by atoms with van der Waals surface area (Å²) >= 11 is 0. The van der Waals surface area contributed by atoms with Crippen LogP contribution in [0.15, 0.2) is 54.6 Å². The molecule has 0 saturated heterocycles. The Bertz CT molecular complexity index is 851. The maximum atomic E-state index is 12.7. The minimum atomic E-state index is -1.06. The summed E-state index contributed by atoms with van der Waals surface area (Å²) in [4.78, 5) is 37.3. The molecule has 0 spiro atoms. The van der Waals surface area contributed by atoms with Crippen LogP contribution in [0.5, 0.6) is 0 Å². The predicted molar refractivity (Wildman–Crippen MR) is 107 cm³/mol. The van der Waals surface area contributed by atoms with Crippen LogP contribution in [0, 0.1) is 0 Å². The lowest BCUT2D eigenvalue weighted by Crippen LogP contribution is -2.49. The number of rotatable bonds is 9. The van der Waals surface area contributed by atoms with Crippen molar-refractivity contribution in [1.29, 1.82) is 0 Å². The third kappa shape index (κ3) is 4.97. The fourth-order valence-electron chi connectivity index (χ4n) is 3.44. The number of aliphatic carboxylic acids is 1. The topological polar surface area (TPSA) is 86.7 Å². The lowest BCUT2D eigenvalue weighted by atomic mass is 10.00. The predicted octanol–water partition coefficient (Wildman–Crippen LogP) is 3.27. The van der Waals surface area contributed by atoms with Crippen LogP contribution in [-0.4, -0.2) is 35.4 Å². The lowest BCUT2D eigenvalue weighted by Gasteiger charge is -2.34. The van der Waals surface area contributed by atoms with Crippen molar-refractivity contribution < 1.29 is 19.5 Å². The van der Waals surface area contributed by atoms with Crippen LogP contribution in [0.1, 0.15) is 31.2 Å². The Morgan fingerprint density at radius 1 is 1.00 bits per heavy atom. The van der Waals surface area contributed by atoms with Gasteiger partial charge in [-0.25, -0.2) is 0 Å². The summed E-state index contributed by atoms with van der Waals surface area (Å²) in [5, 5.41) is 12.3. The second-order valence-electron chi connectivity index (χ2n) is 6.95. The molecule has 3 rings (SSSR count). The number of aryl methyl sites for hydroxylation is 1. The molecule has 1 heterocycles. The highest BCUT2D eigenvalue weighted by molar-refractivity contribution is 6.07. The third-order valence-electron chi connectivity index (χ3n) is 4.87. The van der Waals surface area contributed by atoms with Gasteiger partial charge in [0.05, 0.1) is 11.4 Å². The molecule has 0 radical (unpaired) electrons. The average molecular weight is 380 g/mol. The first kappa shape index (κ1) is 19.6. The van der Waals surface area contributed by atoms with Gasteiger partial charge in [-0.1, -0.05) is 42.5 Å². The summed E-state index contributed by atoms with van der Waals surface area (Å²) in [5.41, 5.74) is 2.45. The minimum Gasteiger partial charge on any atom is -0.480 e. The van der Waals surface area contributed by atoms with Crippen molar-refractivity contribution in [1.82, 2.24) is 0 Å². The van der Waals surface area contributed by atoms with Gasteiger partial charge in [0, 0.05) is 12.8 Å². The first-order valence-electron chi connectivity index (χ1n) is 9.49. The lowest BCUT2D eigenvalue weighted by molar-refractivity contribution is -0.136. The van der Waals surface area contributed by atoms with E-state index >= 15 is 0 Å². The number of carbonyl (C=O) groups excluding carboxylic acids is 2. The number of nitrogens with zero attached hydrogens (tertiary/aromatic N) is 1. The number of para-hydroxylation sites is 2. The Kier molecular flexibility index (Phi) is 6.42. The molecule has 0 saturated carbocycles. The number of carbonyl (C=O) groups is 3. The van der Waals surface area contributed by atoms with E-state index in [1.165, 1.54) is 4.90 Å². The monoisotopic (exact) mass is 380 g/mol. The first-order valence-corrected chi connectivity index (χ1v) is 9.49. The molecule has 2 N–H and O–H groups in total. The van der Waals surface area contributed by atoms with Crippen LogP contribution in [0.3, 0.4) is 0 Å². The summed E-state index contributed by atoms with van der Waals surface area (Å²) in [6.45, 7) is -0.371. The second kappa shape index (κ2) is 9.17. The molecule has 1 amide bonds. The molecule has 1 atom stereocenters. The molecule has 0 unspecified atom stereocenters. The molecular formula is C22H24N2O4. The number of carboxylic acid groups (broad SMARTS) is 1. The molecular weight excluding hydrogens is 356 g/mol. The van der Waals surface area contributed by atoms with Gasteiger partial charge in [-0.15, -0.1) is 0 Å². The van der Waals surface area contributed by atoms with Crippen molar-refractivity contribution in [2.45, 2.75) is 38.1 Å². The van der Waals surface area contributed by atoms with Gasteiger partial charge in [-0.3, -0.25) is 19.3 Å². The number of benzene rings is 2. The van der Waals surface area contributed by atoms with E-state index in [0.717, 1.165) is 17.7 Å². The normalized spacial score (nSPS) is 15.6. The fourth-order valence-corrected chi connectivity index (χ4v) is 3.44. The number of carboxylic acids is 1. The Morgan fingerprint density at radius 2 is 1.71 bits per heavy atom. The van der Waals surface area contributed by atoms with Crippen LogP contribution in [0.2, 0.25) is 0 Å². The zero-order valence-electron chi connectivity index (χ0n) is 15.6. The van der Waals surface area contributed by atoms with Crippen molar-refractivity contribution in [3.8, 4) is 0 Å². The fraction of sp³-hybridized carbons (Fsp3) is 0.318. The van der Waals surface area contributed by atoms with Gasteiger partial charge in [0.1, 0.15) is 18.4 Å². The quantitative estimate of drug-likeness (QED) is 0.697. The molecule has 1 aliphatic heterocycles. The summed E-state index contributed by atoms with van der Waals surface area (Å²) < 4.78 is 0. The molecule has 6 heteroatoms. The largest absolute Gasteiger partial charge is 0.480 e. The van der Waals surface area contributed by atoms with Gasteiger partial charge in [0.2, 0.25) is 5.91 Å². The van der Waals surface area contributed by atoms with E-state index in [1.807, 2.05) is 42.5 Å². The van der Waals surface area contributed by atoms with Crippen molar-refractivity contribution in [2.24, 2.45) is 0 Å². The van der Waals surface area contributed by atoms with E-state index in [2.05, 4.69) is 5.32 Å². The number of Topliss-reactive ketones (excluding diaryl/α,β-unsaturated/α-hetero) is 1. The van der Waals surface area contributed by atoms with Crippen LogP contribution in [0.25, 0.3) is 0 Å². The van der Waals surface area contributed by atoms with Gasteiger partial charge in [-0.05, 0) is 37.0 Å². The Labute approximate surface area is 164 Å². The van der Waals surface area contributed by atoms with E-state index in [-0.39, 0.29) is 18.2 Å². The second-order valence-corrected chi connectivity index (χ2v) is 6.95. The molecule has 0 aliphatic carbocycles. The Balaban J connectivity index is 1.53. The number of anilines is 2. The van der Waals surface area contributed by atoms with Gasteiger partial charge < -0.3 is 10.4 Å². The van der Waals surface area contributed by atoms with Crippen LogP contribution >= 0.6 is 0 Å². The number of amides is 1. The van der Waals surface area contributed by atoms with Crippen molar-refractivity contribution >= 4 is 29.0 Å². The zero-order chi connectivity index (χ0) is 19.9. The molecule has 2 aromatic carbocycles. The molecule has 0 aromatic heterocycles. The highest BCUT2D eigenvalue weighted by atomic mass is 16.4. The zero-order valence-corrected chi connectivity index (χ0v) is 15.6. The summed E-state index contributed by atoms with van der Waals surface area (Å²) in [6.07, 6.45) is 2.70. The van der Waals surface area contributed by atoms with E-state index in [0.29, 0.717) is 31.4 Å². The van der Waals surface area contributed by atoms with Crippen LogP contribution < -0.4 is 10.2 Å². The van der Waals surface area contributed by atoms with Crippen molar-refractivity contribution in [3.63, 3.8) is 0 Å². The number of ketones is 1. The number of nitrogens with one attached hydrogen (secondary N) is 1. The molecule has 28 heavy (non-hydrogen) atoms. The first-order chi connectivity index (χ1) is 13.5. The third-order valence-corrected chi connectivity index (χ3v) is 4.87. The van der Waals surface area contributed by atoms with E-state index < -0.39 is 12.0 Å². The highest BCUT2D eigenvalue weighted by Crippen LogP contribution is 2.32. The summed E-state index contributed by atoms with van der Waals surface area (Å²) in [6, 6.07) is 16.5. The molecule has 146 valence electrons. The number of hydrogen-bond acceptors (Lipinski definition) is 4. The molecule has 0 bridgehead atoms. The van der Waals surface area contributed by atoms with Gasteiger partial charge >= 0.3 is 5.97 Å². The van der Waals surface area contributed by atoms with Crippen molar-refractivity contribution in [2.75, 3.05) is 16.8 Å². The maximum Gasteiger partial charge on any atom is 0.323 e. The van der Waals surface area contributed by atoms with E-state index in [4.69, 9.17) is 5.11 Å². The summed E-state index contributed by atoms with van der Waals surface area (Å²) in [7, 11) is 0. The van der Waals surface area contributed by atoms with Crippen LogP contribution in [-0.2, 0) is 20.8 Å². The van der Waals surface area contributed by atoms with Gasteiger partial charge in [0.15, 0.2) is 0 Å². The standard InChI is InChI=1S/C22H24N2O4/c25-17(14-13-16-7-2-1-3-8-16)9-6-11-19-22(28)24(15-21(26)27)20-12-5-4-10-18(20)23-19/h1-5,7-8,10,12,19,23H,6,9,11,13-15H2,(H,26,27)/t19-/m1/s1. The molecule has 1 aliphatic rings. The minimum absolute atomic E-state index is 0.176. The highest BCUT2D eigenvalue weighted by Gasteiger charge is 2.33. The summed E-state index contributed by atoms with van der Waals surface area (Å²) in [5.74, 6) is -1.15. The van der Waals surface area contributed by atoms with E-state index in [1.54, 1.807) is 12.1 Å². The van der Waals surface area contributed by atoms with Gasteiger partial charge in [-0.2, -0.15) is 0 Å². The van der Waals surface area contributed by atoms with Crippen molar-refractivity contribution in [3.05, 3.63) is 60.2 Å². The smallest absolute Gasteiger partial charge is 0.323 e. The molecule has 2 aromatic rings. The Hall–Kier alpha value is -3.15. The SMILES string of the molecule is O=C(O)CN1C(=O)[C@@H](CCCC(=O)CCc2ccccc2)Nc2ccccc21. The van der Waals surface area contributed by atoms with Crippen LogP contribution in [0.4, 0.5) is 11.4 Å². The number of fused-ring (bicyclic) bond motifs is 1. The molecule has 6 nitrogen and oxygen atoms in total. The Morgan fingerprint density at radius 3 is 2.46 bits per heavy atom. The number of hydrogen-bond donors (Lipinski definition) is 2. The van der Waals surface area contributed by atoms with E-state index in [9.17, 15) is 14.4 Å². The average Bonchev–Trinajstić information content (AvgIpc) is 2.70. The van der Waals surface area contributed by atoms with Gasteiger partial charge in [0.25, 0.3) is 0 Å². The maximum absolute atomic E-state index is 12.7.